The largest absolute Gasteiger partial charge is 0.480 e. The number of alkyl carbamates (subject to hydrolysis) is 2. The molecule has 2 aromatic rings. The molecule has 2 aliphatic heterocycles. The summed E-state index contributed by atoms with van der Waals surface area (Å²) in [7, 11) is 0. The van der Waals surface area contributed by atoms with Gasteiger partial charge in [-0.1, -0.05) is 13.8 Å². The highest BCUT2D eigenvalue weighted by Gasteiger charge is 2.56. The molecule has 2 unspecified atom stereocenters. The summed E-state index contributed by atoms with van der Waals surface area (Å²) in [5, 5.41) is 18.2. The average molecular weight is 807 g/mol. The molecular weight excluding hydrogens is 744 g/mol. The summed E-state index contributed by atoms with van der Waals surface area (Å²) in [5.74, 6) is -1.99. The van der Waals surface area contributed by atoms with Gasteiger partial charge in [-0.15, -0.1) is 0 Å². The van der Waals surface area contributed by atoms with E-state index in [1.165, 1.54) is 12.7 Å². The summed E-state index contributed by atoms with van der Waals surface area (Å²) >= 11 is 0. The van der Waals surface area contributed by atoms with Crippen LogP contribution in [-0.4, -0.2) is 126 Å². The van der Waals surface area contributed by atoms with Gasteiger partial charge in [-0.05, 0) is 94.9 Å². The van der Waals surface area contributed by atoms with Gasteiger partial charge in [-0.3, -0.25) is 9.88 Å². The molecule has 0 spiro atoms. The summed E-state index contributed by atoms with van der Waals surface area (Å²) in [6, 6.07) is -1.54. The number of carboxylic acids is 1. The molecule has 320 valence electrons. The highest BCUT2D eigenvalue weighted by molar-refractivity contribution is 5.93. The maximum atomic E-state index is 12.8. The van der Waals surface area contributed by atoms with E-state index >= 15 is 0 Å². The van der Waals surface area contributed by atoms with Crippen LogP contribution < -0.4 is 16.0 Å². The molecule has 4 heterocycles. The summed E-state index contributed by atoms with van der Waals surface area (Å²) in [6.45, 7) is 24.2. The van der Waals surface area contributed by atoms with Crippen molar-refractivity contribution in [1.82, 2.24) is 35.1 Å². The summed E-state index contributed by atoms with van der Waals surface area (Å²) in [5.41, 5.74) is -1.56. The molecule has 2 aromatic heterocycles. The molecule has 19 heteroatoms. The minimum atomic E-state index is -1.25. The molecule has 2 fully saturated rings. The molecule has 0 aromatic carbocycles. The van der Waals surface area contributed by atoms with Crippen LogP contribution in [0.1, 0.15) is 109 Å². The number of carboxylic acid groups (broad SMARTS) is 1. The Morgan fingerprint density at radius 2 is 1.40 bits per heavy atom. The standard InChI is InChI=1S/C38H62N8O11/c1-21(2)22(42-32(49)55-35(3,4)5)14-16-45(17-15-23(31(47)48)43-33(50)56-36(6,7)8)18-24-26-27(54-38(12,13)53-26)30(52-24)46-20-41-25-28(39-19-40-29(25)46)44-34(51)57-37(9,10)11/h19-24,26-27,30H,14-18H2,1-13H3,(H,42,49)(H,43,50)(H,47,48)(H,39,40,44,51)/t22?,23?,24-,26-,27-,30-/m1/s1. The molecule has 0 radical (unpaired) electrons. The molecular formula is C38H62N8O11. The number of amides is 3. The molecule has 57 heavy (non-hydrogen) atoms. The summed E-state index contributed by atoms with van der Waals surface area (Å²) in [6.07, 6.45) is -1.27. The van der Waals surface area contributed by atoms with Crippen molar-refractivity contribution in [2.45, 2.75) is 162 Å². The number of hydrogen-bond donors (Lipinski definition) is 4. The third kappa shape index (κ3) is 13.4. The Morgan fingerprint density at radius 1 is 0.842 bits per heavy atom. The number of carbonyl (C=O) groups is 4. The first-order valence-corrected chi connectivity index (χ1v) is 19.3. The zero-order chi connectivity index (χ0) is 42.7. The quantitative estimate of drug-likeness (QED) is 0.180. The Morgan fingerprint density at radius 3 is 1.98 bits per heavy atom. The van der Waals surface area contributed by atoms with Crippen molar-refractivity contribution in [2.24, 2.45) is 5.92 Å². The van der Waals surface area contributed by atoms with E-state index in [4.69, 9.17) is 28.4 Å². The van der Waals surface area contributed by atoms with Crippen molar-refractivity contribution in [2.75, 3.05) is 25.0 Å². The van der Waals surface area contributed by atoms with Crippen LogP contribution >= 0.6 is 0 Å². The Bertz CT molecular complexity index is 1730. The Kier molecular flexibility index (Phi) is 14.1. The number of hydrogen-bond acceptors (Lipinski definition) is 14. The predicted molar refractivity (Wildman–Crippen MR) is 207 cm³/mol. The fourth-order valence-corrected chi connectivity index (χ4v) is 6.48. The minimum absolute atomic E-state index is 0.0318. The maximum Gasteiger partial charge on any atom is 0.413 e. The zero-order valence-electron chi connectivity index (χ0n) is 35.5. The van der Waals surface area contributed by atoms with Crippen LogP contribution in [0.25, 0.3) is 11.2 Å². The number of anilines is 1. The predicted octanol–water partition coefficient (Wildman–Crippen LogP) is 5.20. The van der Waals surface area contributed by atoms with Gasteiger partial charge in [0.25, 0.3) is 0 Å². The van der Waals surface area contributed by atoms with Crippen molar-refractivity contribution >= 4 is 41.2 Å². The Labute approximate surface area is 334 Å². The number of nitrogens with one attached hydrogen (secondary N) is 3. The zero-order valence-corrected chi connectivity index (χ0v) is 35.5. The van der Waals surface area contributed by atoms with Gasteiger partial charge in [-0.25, -0.2) is 34.1 Å². The molecule has 2 saturated heterocycles. The van der Waals surface area contributed by atoms with Crippen LogP contribution in [0, 0.1) is 5.92 Å². The van der Waals surface area contributed by atoms with E-state index in [1.54, 1.807) is 66.9 Å². The molecule has 4 rings (SSSR count). The first kappa shape index (κ1) is 45.4. The van der Waals surface area contributed by atoms with Gasteiger partial charge in [0, 0.05) is 25.7 Å². The van der Waals surface area contributed by atoms with Crippen molar-refractivity contribution in [1.29, 1.82) is 0 Å². The Balaban J connectivity index is 1.60. The number of carbonyl (C=O) groups excluding carboxylic acids is 3. The smallest absolute Gasteiger partial charge is 0.413 e. The molecule has 4 N–H and O–H groups in total. The number of nitrogens with zero attached hydrogens (tertiary/aromatic N) is 5. The monoisotopic (exact) mass is 806 g/mol. The highest BCUT2D eigenvalue weighted by Crippen LogP contribution is 2.44. The third-order valence-electron chi connectivity index (χ3n) is 8.80. The second kappa shape index (κ2) is 17.7. The van der Waals surface area contributed by atoms with E-state index in [-0.39, 0.29) is 37.3 Å². The van der Waals surface area contributed by atoms with Crippen LogP contribution in [0.5, 0.6) is 0 Å². The lowest BCUT2D eigenvalue weighted by atomic mass is 10.0. The molecule has 0 saturated carbocycles. The fourth-order valence-electron chi connectivity index (χ4n) is 6.48. The normalized spacial score (nSPS) is 21.9. The summed E-state index contributed by atoms with van der Waals surface area (Å²) in [4.78, 5) is 65.5. The first-order valence-electron chi connectivity index (χ1n) is 19.3. The van der Waals surface area contributed by atoms with Gasteiger partial charge in [-0.2, -0.15) is 0 Å². The van der Waals surface area contributed by atoms with Crippen molar-refractivity contribution in [3.05, 3.63) is 12.7 Å². The van der Waals surface area contributed by atoms with Crippen molar-refractivity contribution in [3.8, 4) is 0 Å². The van der Waals surface area contributed by atoms with Gasteiger partial charge >= 0.3 is 24.2 Å². The van der Waals surface area contributed by atoms with Crippen molar-refractivity contribution in [3.63, 3.8) is 0 Å². The third-order valence-corrected chi connectivity index (χ3v) is 8.80. The van der Waals surface area contributed by atoms with Crippen molar-refractivity contribution < 1.29 is 52.7 Å². The van der Waals surface area contributed by atoms with E-state index in [0.717, 1.165) is 0 Å². The fraction of sp³-hybridized carbons (Fsp3) is 0.763. The lowest BCUT2D eigenvalue weighted by Gasteiger charge is -2.32. The van der Waals surface area contributed by atoms with Crippen LogP contribution in [0.15, 0.2) is 12.7 Å². The van der Waals surface area contributed by atoms with Crippen LogP contribution in [0.3, 0.4) is 0 Å². The van der Waals surface area contributed by atoms with Gasteiger partial charge in [0.1, 0.15) is 47.5 Å². The second-order valence-corrected chi connectivity index (χ2v) is 18.2. The SMILES string of the molecule is CC(C)C(CCN(CCC(NC(=O)OC(C)(C)C)C(=O)O)C[C@H]1O[C@@H](n2cnc3c(NC(=O)OC(C)(C)C)ncnc32)[C@@H]2OC(C)(C)O[C@@H]21)NC(=O)OC(C)(C)C. The first-order chi connectivity index (χ1) is 26.2. The number of aliphatic carboxylic acids is 1. The van der Waals surface area contributed by atoms with Crippen LogP contribution in [-0.2, 0) is 33.2 Å². The molecule has 0 bridgehead atoms. The number of imidazole rings is 1. The average Bonchev–Trinajstić information content (AvgIpc) is 3.69. The highest BCUT2D eigenvalue weighted by atomic mass is 16.8. The van der Waals surface area contributed by atoms with E-state index in [0.29, 0.717) is 24.1 Å². The van der Waals surface area contributed by atoms with Gasteiger partial charge in [0.05, 0.1) is 6.33 Å². The number of fused-ring (bicyclic) bond motifs is 2. The van der Waals surface area contributed by atoms with Gasteiger partial charge in [0.2, 0.25) is 0 Å². The van der Waals surface area contributed by atoms with E-state index < -0.39 is 77.4 Å². The maximum absolute atomic E-state index is 12.8. The number of aromatic nitrogens is 4. The van der Waals surface area contributed by atoms with Crippen LogP contribution in [0.4, 0.5) is 20.2 Å². The van der Waals surface area contributed by atoms with E-state index in [1.807, 2.05) is 32.6 Å². The molecule has 19 nitrogen and oxygen atoms in total. The van der Waals surface area contributed by atoms with Crippen LogP contribution in [0.2, 0.25) is 0 Å². The Hall–Kier alpha value is -4.33. The molecule has 2 aliphatic rings. The lowest BCUT2D eigenvalue weighted by molar-refractivity contribution is -0.198. The molecule has 0 aliphatic carbocycles. The van der Waals surface area contributed by atoms with Gasteiger partial charge < -0.3 is 49.1 Å². The lowest BCUT2D eigenvalue weighted by Crippen LogP contribution is -2.48. The van der Waals surface area contributed by atoms with Gasteiger partial charge in [0.15, 0.2) is 29.0 Å². The summed E-state index contributed by atoms with van der Waals surface area (Å²) < 4.78 is 37.5. The second-order valence-electron chi connectivity index (χ2n) is 18.2. The minimum Gasteiger partial charge on any atom is -0.480 e. The number of ether oxygens (including phenoxy) is 6. The number of rotatable bonds is 14. The van der Waals surface area contributed by atoms with E-state index in [9.17, 15) is 24.3 Å². The van der Waals surface area contributed by atoms with E-state index in [2.05, 4.69) is 30.9 Å². The molecule has 6 atom stereocenters. The topological polar surface area (TPSA) is 227 Å². The molecule has 3 amide bonds.